The predicted octanol–water partition coefficient (Wildman–Crippen LogP) is 3.55. The monoisotopic (exact) mass is 350 g/mol. The number of aromatic amines is 1. The van der Waals surface area contributed by atoms with Crippen LogP contribution in [-0.2, 0) is 18.3 Å². The molecule has 1 atom stereocenters. The van der Waals surface area contributed by atoms with E-state index in [4.69, 9.17) is 0 Å². The Morgan fingerprint density at radius 2 is 2.19 bits per heavy atom. The third-order valence-electron chi connectivity index (χ3n) is 5.46. The summed E-state index contributed by atoms with van der Waals surface area (Å²) < 4.78 is 2.11. The fraction of sp³-hybridized carbons (Fsp3) is 0.429. The summed E-state index contributed by atoms with van der Waals surface area (Å²) in [4.78, 5) is 22.8. The maximum atomic E-state index is 12.8. The summed E-state index contributed by atoms with van der Waals surface area (Å²) in [6.07, 6.45) is 7.60. The van der Waals surface area contributed by atoms with E-state index >= 15 is 0 Å². The molecule has 3 aromatic rings. The molecule has 1 aromatic carbocycles. The third-order valence-corrected chi connectivity index (χ3v) is 5.46. The van der Waals surface area contributed by atoms with Crippen molar-refractivity contribution in [2.45, 2.75) is 38.5 Å². The summed E-state index contributed by atoms with van der Waals surface area (Å²) >= 11 is 0. The van der Waals surface area contributed by atoms with E-state index in [-0.39, 0.29) is 5.91 Å². The van der Waals surface area contributed by atoms with Crippen LogP contribution in [0.4, 0.5) is 0 Å². The minimum Gasteiger partial charge on any atom is -0.361 e. The maximum Gasteiger partial charge on any atom is 0.222 e. The Morgan fingerprint density at radius 3 is 3.00 bits per heavy atom. The lowest BCUT2D eigenvalue weighted by atomic mass is 9.96. The standard InChI is InChI=1S/C21H26N4O/c1-15-13-24(2)21(23-15)17-6-5-11-25(14-17)20(26)10-9-16-12-22-19-8-4-3-7-18(16)19/h3-4,7-8,12-13,17,22H,5-6,9-11,14H2,1-2H3/t17-/m0/s1. The molecule has 3 heterocycles. The number of hydrogen-bond acceptors (Lipinski definition) is 2. The molecule has 26 heavy (non-hydrogen) atoms. The molecule has 0 radical (unpaired) electrons. The molecular formula is C21H26N4O. The number of para-hydroxylation sites is 1. The van der Waals surface area contributed by atoms with Gasteiger partial charge in [-0.05, 0) is 37.8 Å². The molecule has 2 aromatic heterocycles. The van der Waals surface area contributed by atoms with Gasteiger partial charge in [-0.1, -0.05) is 18.2 Å². The number of amides is 1. The first-order chi connectivity index (χ1) is 12.6. The van der Waals surface area contributed by atoms with E-state index in [0.29, 0.717) is 12.3 Å². The summed E-state index contributed by atoms with van der Waals surface area (Å²) in [5.41, 5.74) is 3.41. The van der Waals surface area contributed by atoms with Crippen molar-refractivity contribution in [2.75, 3.05) is 13.1 Å². The lowest BCUT2D eigenvalue weighted by Crippen LogP contribution is -2.39. The average molecular weight is 350 g/mol. The number of imidazole rings is 1. The molecule has 1 fully saturated rings. The lowest BCUT2D eigenvalue weighted by Gasteiger charge is -2.32. The maximum absolute atomic E-state index is 12.8. The summed E-state index contributed by atoms with van der Waals surface area (Å²) in [6.45, 7) is 3.68. The molecule has 136 valence electrons. The first kappa shape index (κ1) is 16.9. The van der Waals surface area contributed by atoms with Crippen LogP contribution >= 0.6 is 0 Å². The number of carbonyl (C=O) groups is 1. The van der Waals surface area contributed by atoms with E-state index in [9.17, 15) is 4.79 Å². The molecule has 1 saturated heterocycles. The van der Waals surface area contributed by atoms with Crippen LogP contribution < -0.4 is 0 Å². The lowest BCUT2D eigenvalue weighted by molar-refractivity contribution is -0.132. The van der Waals surface area contributed by atoms with Crippen molar-refractivity contribution in [2.24, 2.45) is 7.05 Å². The first-order valence-electron chi connectivity index (χ1n) is 9.44. The second-order valence-electron chi connectivity index (χ2n) is 7.39. The smallest absolute Gasteiger partial charge is 0.222 e. The minimum absolute atomic E-state index is 0.255. The van der Waals surface area contributed by atoms with E-state index in [0.717, 1.165) is 49.4 Å². The quantitative estimate of drug-likeness (QED) is 0.782. The highest BCUT2D eigenvalue weighted by Gasteiger charge is 2.27. The summed E-state index contributed by atoms with van der Waals surface area (Å²) in [6, 6.07) is 8.27. The van der Waals surface area contributed by atoms with Crippen molar-refractivity contribution < 1.29 is 4.79 Å². The van der Waals surface area contributed by atoms with Crippen molar-refractivity contribution in [1.82, 2.24) is 19.4 Å². The SMILES string of the molecule is Cc1cn(C)c([C@H]2CCCN(C(=O)CCc3c[nH]c4ccccc34)C2)n1. The van der Waals surface area contributed by atoms with Crippen molar-refractivity contribution in [3.63, 3.8) is 0 Å². The second-order valence-corrected chi connectivity index (χ2v) is 7.39. The number of hydrogen-bond donors (Lipinski definition) is 1. The number of likely N-dealkylation sites (tertiary alicyclic amines) is 1. The summed E-state index contributed by atoms with van der Waals surface area (Å²) in [5.74, 6) is 1.71. The van der Waals surface area contributed by atoms with Gasteiger partial charge < -0.3 is 14.5 Å². The van der Waals surface area contributed by atoms with E-state index in [1.165, 1.54) is 10.9 Å². The number of nitrogens with zero attached hydrogens (tertiary/aromatic N) is 3. The summed E-state index contributed by atoms with van der Waals surface area (Å²) in [5, 5.41) is 1.22. The number of rotatable bonds is 4. The topological polar surface area (TPSA) is 53.9 Å². The molecule has 4 rings (SSSR count). The van der Waals surface area contributed by atoms with E-state index in [1.54, 1.807) is 0 Å². The van der Waals surface area contributed by atoms with Gasteiger partial charge in [0.15, 0.2) is 0 Å². The van der Waals surface area contributed by atoms with Gasteiger partial charge in [0.1, 0.15) is 5.82 Å². The van der Waals surface area contributed by atoms with Crippen LogP contribution in [0, 0.1) is 6.92 Å². The van der Waals surface area contributed by atoms with Crippen LogP contribution in [0.5, 0.6) is 0 Å². The zero-order valence-electron chi connectivity index (χ0n) is 15.5. The molecule has 0 aliphatic carbocycles. The predicted molar refractivity (Wildman–Crippen MR) is 103 cm³/mol. The zero-order chi connectivity index (χ0) is 18.1. The fourth-order valence-electron chi connectivity index (χ4n) is 4.17. The molecule has 0 saturated carbocycles. The largest absolute Gasteiger partial charge is 0.361 e. The Labute approximate surface area is 154 Å². The highest BCUT2D eigenvalue weighted by atomic mass is 16.2. The van der Waals surface area contributed by atoms with Crippen molar-refractivity contribution in [3.05, 3.63) is 53.7 Å². The Balaban J connectivity index is 1.40. The molecule has 5 nitrogen and oxygen atoms in total. The Morgan fingerprint density at radius 1 is 1.35 bits per heavy atom. The van der Waals surface area contributed by atoms with Gasteiger partial charge in [0.2, 0.25) is 5.91 Å². The van der Waals surface area contributed by atoms with Crippen LogP contribution in [-0.4, -0.2) is 38.4 Å². The van der Waals surface area contributed by atoms with E-state index in [2.05, 4.69) is 32.9 Å². The van der Waals surface area contributed by atoms with E-state index in [1.807, 2.05) is 37.2 Å². The molecule has 0 spiro atoms. The highest BCUT2D eigenvalue weighted by molar-refractivity contribution is 5.84. The molecule has 1 aliphatic rings. The number of aromatic nitrogens is 3. The molecule has 1 N–H and O–H groups in total. The van der Waals surface area contributed by atoms with Crippen LogP contribution in [0.15, 0.2) is 36.7 Å². The van der Waals surface area contributed by atoms with Gasteiger partial charge in [0.05, 0.1) is 5.69 Å². The number of carbonyl (C=O) groups excluding carboxylic acids is 1. The first-order valence-corrected chi connectivity index (χ1v) is 9.44. The van der Waals surface area contributed by atoms with Crippen LogP contribution in [0.3, 0.4) is 0 Å². The van der Waals surface area contributed by atoms with E-state index < -0.39 is 0 Å². The van der Waals surface area contributed by atoms with Gasteiger partial charge in [-0.25, -0.2) is 4.98 Å². The molecule has 1 amide bonds. The fourth-order valence-corrected chi connectivity index (χ4v) is 4.17. The Hall–Kier alpha value is -2.56. The van der Waals surface area contributed by atoms with Crippen molar-refractivity contribution >= 4 is 16.8 Å². The average Bonchev–Trinajstić information content (AvgIpc) is 3.22. The molecule has 0 unspecified atom stereocenters. The second kappa shape index (κ2) is 6.98. The number of nitrogens with one attached hydrogen (secondary N) is 1. The minimum atomic E-state index is 0.255. The number of fused-ring (bicyclic) bond motifs is 1. The Kier molecular flexibility index (Phi) is 4.53. The molecular weight excluding hydrogens is 324 g/mol. The zero-order valence-corrected chi connectivity index (χ0v) is 15.5. The highest BCUT2D eigenvalue weighted by Crippen LogP contribution is 2.27. The molecule has 1 aliphatic heterocycles. The summed E-state index contributed by atoms with van der Waals surface area (Å²) in [7, 11) is 2.05. The molecule has 5 heteroatoms. The van der Waals surface area contributed by atoms with Gasteiger partial charge >= 0.3 is 0 Å². The van der Waals surface area contributed by atoms with Gasteiger partial charge in [-0.2, -0.15) is 0 Å². The normalized spacial score (nSPS) is 17.8. The third kappa shape index (κ3) is 3.26. The number of H-pyrrole nitrogens is 1. The number of aryl methyl sites for hydroxylation is 3. The van der Waals surface area contributed by atoms with Crippen LogP contribution in [0.2, 0.25) is 0 Å². The van der Waals surface area contributed by atoms with Gasteiger partial charge in [0.25, 0.3) is 0 Å². The van der Waals surface area contributed by atoms with Crippen LogP contribution in [0.25, 0.3) is 10.9 Å². The molecule has 0 bridgehead atoms. The van der Waals surface area contributed by atoms with Gasteiger partial charge in [-0.15, -0.1) is 0 Å². The Bertz CT molecular complexity index is 923. The van der Waals surface area contributed by atoms with Gasteiger partial charge in [0, 0.05) is 55.8 Å². The number of piperidine rings is 1. The number of benzene rings is 1. The van der Waals surface area contributed by atoms with Crippen molar-refractivity contribution in [3.8, 4) is 0 Å². The van der Waals surface area contributed by atoms with Crippen LogP contribution in [0.1, 0.15) is 42.3 Å². The van der Waals surface area contributed by atoms with Crippen molar-refractivity contribution in [1.29, 1.82) is 0 Å². The van der Waals surface area contributed by atoms with Gasteiger partial charge in [-0.3, -0.25) is 4.79 Å².